The molecule has 1 heterocycles. The average molecular weight is 391 g/mol. The van der Waals surface area contributed by atoms with E-state index in [1.54, 1.807) is 0 Å². The second-order valence-electron chi connectivity index (χ2n) is 6.42. The summed E-state index contributed by atoms with van der Waals surface area (Å²) in [5, 5.41) is 15.8. The third-order valence-electron chi connectivity index (χ3n) is 4.58. The Balaban J connectivity index is 1.74. The van der Waals surface area contributed by atoms with Crippen molar-refractivity contribution in [3.8, 4) is 6.07 Å². The van der Waals surface area contributed by atoms with Gasteiger partial charge in [0.05, 0.1) is 22.4 Å². The van der Waals surface area contributed by atoms with Gasteiger partial charge in [-0.3, -0.25) is 9.59 Å². The molecule has 2 amide bonds. The van der Waals surface area contributed by atoms with Gasteiger partial charge in [0.2, 0.25) is 11.8 Å². The fourth-order valence-corrected chi connectivity index (χ4v) is 4.05. The second kappa shape index (κ2) is 9.25. The lowest BCUT2D eigenvalue weighted by Crippen LogP contribution is -2.31. The molecule has 1 unspecified atom stereocenters. The molecule has 142 valence electrons. The van der Waals surface area contributed by atoms with Crippen LogP contribution >= 0.6 is 11.8 Å². The highest BCUT2D eigenvalue weighted by atomic mass is 32.2. The Labute approximate surface area is 168 Å². The zero-order valence-corrected chi connectivity index (χ0v) is 16.4. The molecule has 0 fully saturated rings. The van der Waals surface area contributed by atoms with Gasteiger partial charge in [-0.1, -0.05) is 67.2 Å². The molecule has 1 aliphatic rings. The number of allylic oxidation sites excluding steroid dienone is 1. The highest BCUT2D eigenvalue weighted by Crippen LogP contribution is 2.35. The standard InChI is InChI=1S/C22H21N3O2S/c1-2-15-8-6-7-11-19(15)24-21(27)14-28-22-18(13-23)17(12-20(26)25-22)16-9-4-3-5-10-16/h3-11,17H,2,12,14H2,1H3,(H,24,27)(H,25,26). The highest BCUT2D eigenvalue weighted by Gasteiger charge is 2.29. The van der Waals surface area contributed by atoms with E-state index >= 15 is 0 Å². The summed E-state index contributed by atoms with van der Waals surface area (Å²) in [4.78, 5) is 24.6. The van der Waals surface area contributed by atoms with Crippen molar-refractivity contribution in [1.29, 1.82) is 5.26 Å². The predicted octanol–water partition coefficient (Wildman–Crippen LogP) is 3.96. The number of para-hydroxylation sites is 1. The zero-order valence-electron chi connectivity index (χ0n) is 15.6. The van der Waals surface area contributed by atoms with Crippen LogP contribution in [0.4, 0.5) is 5.69 Å². The van der Waals surface area contributed by atoms with E-state index in [0.717, 1.165) is 23.2 Å². The third-order valence-corrected chi connectivity index (χ3v) is 5.60. The maximum absolute atomic E-state index is 12.4. The summed E-state index contributed by atoms with van der Waals surface area (Å²) in [6.07, 6.45) is 1.05. The normalized spacial score (nSPS) is 16.3. The molecular formula is C22H21N3O2S. The van der Waals surface area contributed by atoms with Gasteiger partial charge >= 0.3 is 0 Å². The largest absolute Gasteiger partial charge is 0.325 e. The van der Waals surface area contributed by atoms with Gasteiger partial charge in [-0.05, 0) is 23.6 Å². The fourth-order valence-electron chi connectivity index (χ4n) is 3.18. The lowest BCUT2D eigenvalue weighted by Gasteiger charge is -2.25. The summed E-state index contributed by atoms with van der Waals surface area (Å²) in [6.45, 7) is 2.03. The quantitative estimate of drug-likeness (QED) is 0.781. The van der Waals surface area contributed by atoms with Crippen LogP contribution in [0.3, 0.4) is 0 Å². The van der Waals surface area contributed by atoms with Crippen LogP contribution in [-0.2, 0) is 16.0 Å². The first kappa shape index (κ1) is 19.7. The predicted molar refractivity (Wildman–Crippen MR) is 111 cm³/mol. The number of nitrogens with zero attached hydrogens (tertiary/aromatic N) is 1. The number of hydrogen-bond donors (Lipinski definition) is 2. The first-order valence-electron chi connectivity index (χ1n) is 9.12. The molecule has 0 bridgehead atoms. The topological polar surface area (TPSA) is 82.0 Å². The molecule has 6 heteroatoms. The Morgan fingerprint density at radius 2 is 1.93 bits per heavy atom. The van der Waals surface area contributed by atoms with Crippen LogP contribution in [0.2, 0.25) is 0 Å². The number of anilines is 1. The van der Waals surface area contributed by atoms with E-state index < -0.39 is 0 Å². The van der Waals surface area contributed by atoms with Crippen molar-refractivity contribution in [3.63, 3.8) is 0 Å². The van der Waals surface area contributed by atoms with Gasteiger partial charge in [-0.2, -0.15) is 5.26 Å². The SMILES string of the molecule is CCc1ccccc1NC(=O)CSC1=C(C#N)C(c2ccccc2)CC(=O)N1. The number of carbonyl (C=O) groups excluding carboxylic acids is 2. The summed E-state index contributed by atoms with van der Waals surface area (Å²) in [5.74, 6) is -0.495. The van der Waals surface area contributed by atoms with Crippen LogP contribution in [0.15, 0.2) is 65.2 Å². The van der Waals surface area contributed by atoms with Crippen molar-refractivity contribution in [1.82, 2.24) is 5.32 Å². The number of aryl methyl sites for hydroxylation is 1. The number of rotatable bonds is 6. The molecule has 2 aromatic rings. The van der Waals surface area contributed by atoms with E-state index in [9.17, 15) is 14.9 Å². The van der Waals surface area contributed by atoms with E-state index in [2.05, 4.69) is 16.7 Å². The molecule has 0 saturated carbocycles. The second-order valence-corrected chi connectivity index (χ2v) is 7.40. The minimum atomic E-state index is -0.286. The Morgan fingerprint density at radius 3 is 2.64 bits per heavy atom. The van der Waals surface area contributed by atoms with Crippen molar-refractivity contribution < 1.29 is 9.59 Å². The molecule has 5 nitrogen and oxygen atoms in total. The van der Waals surface area contributed by atoms with Gasteiger partial charge in [0.1, 0.15) is 0 Å². The molecule has 1 atom stereocenters. The maximum atomic E-state index is 12.4. The van der Waals surface area contributed by atoms with E-state index in [0.29, 0.717) is 10.6 Å². The first-order valence-corrected chi connectivity index (χ1v) is 10.1. The lowest BCUT2D eigenvalue weighted by atomic mass is 9.87. The average Bonchev–Trinajstić information content (AvgIpc) is 2.73. The van der Waals surface area contributed by atoms with Gasteiger partial charge in [0, 0.05) is 18.0 Å². The van der Waals surface area contributed by atoms with E-state index in [4.69, 9.17) is 0 Å². The van der Waals surface area contributed by atoms with Crippen molar-refractivity contribution >= 4 is 29.3 Å². The molecule has 0 aliphatic carbocycles. The summed E-state index contributed by atoms with van der Waals surface area (Å²) >= 11 is 1.19. The fraction of sp³-hybridized carbons (Fsp3) is 0.227. The van der Waals surface area contributed by atoms with Crippen LogP contribution < -0.4 is 10.6 Å². The zero-order chi connectivity index (χ0) is 19.9. The smallest absolute Gasteiger partial charge is 0.234 e. The molecule has 1 aliphatic heterocycles. The minimum absolute atomic E-state index is 0.111. The number of carbonyl (C=O) groups is 2. The molecule has 0 radical (unpaired) electrons. The van der Waals surface area contributed by atoms with Crippen LogP contribution in [-0.4, -0.2) is 17.6 Å². The van der Waals surface area contributed by atoms with Crippen molar-refractivity contribution in [3.05, 3.63) is 76.3 Å². The Kier molecular flexibility index (Phi) is 6.51. The van der Waals surface area contributed by atoms with Crippen molar-refractivity contribution in [2.24, 2.45) is 0 Å². The maximum Gasteiger partial charge on any atom is 0.234 e. The summed E-state index contributed by atoms with van der Waals surface area (Å²) in [7, 11) is 0. The van der Waals surface area contributed by atoms with Crippen molar-refractivity contribution in [2.75, 3.05) is 11.1 Å². The van der Waals surface area contributed by atoms with Gasteiger partial charge in [-0.15, -0.1) is 0 Å². The Hall–Kier alpha value is -3.04. The first-order chi connectivity index (χ1) is 13.6. The molecule has 0 spiro atoms. The lowest BCUT2D eigenvalue weighted by molar-refractivity contribution is -0.121. The number of nitrogens with one attached hydrogen (secondary N) is 2. The van der Waals surface area contributed by atoms with Crippen LogP contribution in [0.25, 0.3) is 0 Å². The van der Waals surface area contributed by atoms with Gasteiger partial charge in [0.15, 0.2) is 0 Å². The summed E-state index contributed by atoms with van der Waals surface area (Å²) < 4.78 is 0. The van der Waals surface area contributed by atoms with Crippen molar-refractivity contribution in [2.45, 2.75) is 25.7 Å². The summed E-state index contributed by atoms with van der Waals surface area (Å²) in [5.41, 5.74) is 3.28. The van der Waals surface area contributed by atoms with Crippen LogP contribution in [0, 0.1) is 11.3 Å². The number of nitriles is 1. The van der Waals surface area contributed by atoms with Gasteiger partial charge in [0.25, 0.3) is 0 Å². The number of benzene rings is 2. The minimum Gasteiger partial charge on any atom is -0.325 e. The van der Waals surface area contributed by atoms with Gasteiger partial charge in [-0.25, -0.2) is 0 Å². The molecule has 0 aromatic heterocycles. The number of thioether (sulfide) groups is 1. The van der Waals surface area contributed by atoms with E-state index in [-0.39, 0.29) is 29.9 Å². The van der Waals surface area contributed by atoms with Gasteiger partial charge < -0.3 is 10.6 Å². The molecule has 2 aromatic carbocycles. The van der Waals surface area contributed by atoms with E-state index in [1.807, 2.05) is 61.5 Å². The highest BCUT2D eigenvalue weighted by molar-refractivity contribution is 8.03. The number of hydrogen-bond acceptors (Lipinski definition) is 4. The Morgan fingerprint density at radius 1 is 1.21 bits per heavy atom. The van der Waals surface area contributed by atoms with Crippen LogP contribution in [0.5, 0.6) is 0 Å². The molecule has 28 heavy (non-hydrogen) atoms. The van der Waals surface area contributed by atoms with E-state index in [1.165, 1.54) is 11.8 Å². The number of amides is 2. The molecule has 2 N–H and O–H groups in total. The monoisotopic (exact) mass is 391 g/mol. The van der Waals surface area contributed by atoms with Crippen LogP contribution in [0.1, 0.15) is 30.4 Å². The summed E-state index contributed by atoms with van der Waals surface area (Å²) in [6, 6.07) is 19.4. The third kappa shape index (κ3) is 4.62. The Bertz CT molecular complexity index is 948. The molecule has 0 saturated heterocycles. The molecule has 3 rings (SSSR count). The molecular weight excluding hydrogens is 370 g/mol.